The molecule has 0 saturated carbocycles. The van der Waals surface area contributed by atoms with E-state index in [1.807, 2.05) is 12.1 Å². The third-order valence-electron chi connectivity index (χ3n) is 5.06. The molecule has 3 heteroatoms. The number of benzene rings is 1. The maximum atomic E-state index is 11.3. The van der Waals surface area contributed by atoms with E-state index in [-0.39, 0.29) is 16.6 Å². The summed E-state index contributed by atoms with van der Waals surface area (Å²) in [5.74, 6) is 6.29. The van der Waals surface area contributed by atoms with Crippen molar-refractivity contribution >= 4 is 5.78 Å². The first-order valence-electron chi connectivity index (χ1n) is 8.70. The van der Waals surface area contributed by atoms with Crippen LogP contribution in [0.4, 0.5) is 0 Å². The average molecular weight is 332 g/mol. The molecule has 0 atom stereocenters. The van der Waals surface area contributed by atoms with Crippen molar-refractivity contribution in [3.05, 3.63) is 58.7 Å². The summed E-state index contributed by atoms with van der Waals surface area (Å²) in [6.45, 7) is 10.5. The lowest BCUT2D eigenvalue weighted by Crippen LogP contribution is -2.36. The Bertz CT molecular complexity index is 880. The van der Waals surface area contributed by atoms with E-state index in [2.05, 4.69) is 39.5 Å². The summed E-state index contributed by atoms with van der Waals surface area (Å²) in [6, 6.07) is 7.33. The number of fused-ring (bicyclic) bond motifs is 1. The average Bonchev–Trinajstić information content (AvgIpc) is 2.57. The van der Waals surface area contributed by atoms with Crippen molar-refractivity contribution in [2.45, 2.75) is 58.3 Å². The summed E-state index contributed by atoms with van der Waals surface area (Å²) >= 11 is 0. The highest BCUT2D eigenvalue weighted by molar-refractivity contribution is 5.94. The topological polar surface area (TPSA) is 42.9 Å². The van der Waals surface area contributed by atoms with E-state index < -0.39 is 0 Å². The summed E-state index contributed by atoms with van der Waals surface area (Å²) in [5, 5.41) is 0. The van der Waals surface area contributed by atoms with Crippen molar-refractivity contribution in [3.63, 3.8) is 0 Å². The Kier molecular flexibility index (Phi) is 4.24. The van der Waals surface area contributed by atoms with E-state index in [4.69, 9.17) is 9.97 Å². The van der Waals surface area contributed by atoms with Crippen molar-refractivity contribution in [2.75, 3.05) is 0 Å². The molecule has 0 amide bonds. The van der Waals surface area contributed by atoms with Gasteiger partial charge in [-0.15, -0.1) is 0 Å². The zero-order valence-corrected chi connectivity index (χ0v) is 15.6. The molecule has 0 aliphatic heterocycles. The van der Waals surface area contributed by atoms with Gasteiger partial charge in [0.15, 0.2) is 5.78 Å². The van der Waals surface area contributed by atoms with Crippen LogP contribution in [0.15, 0.2) is 30.5 Å². The van der Waals surface area contributed by atoms with E-state index in [0.29, 0.717) is 11.3 Å². The third kappa shape index (κ3) is 3.49. The highest BCUT2D eigenvalue weighted by Crippen LogP contribution is 2.43. The first kappa shape index (κ1) is 17.4. The molecule has 3 nitrogen and oxygen atoms in total. The Hall–Kier alpha value is -2.47. The molecule has 1 aliphatic rings. The Morgan fingerprint density at radius 2 is 1.56 bits per heavy atom. The number of hydrogen-bond acceptors (Lipinski definition) is 3. The van der Waals surface area contributed by atoms with Gasteiger partial charge in [0, 0.05) is 22.0 Å². The van der Waals surface area contributed by atoms with Crippen molar-refractivity contribution in [1.29, 1.82) is 0 Å². The molecule has 0 radical (unpaired) electrons. The molecule has 128 valence electrons. The summed E-state index contributed by atoms with van der Waals surface area (Å²) in [6.07, 6.45) is 4.00. The Morgan fingerprint density at radius 3 is 2.16 bits per heavy atom. The summed E-state index contributed by atoms with van der Waals surface area (Å²) in [4.78, 5) is 20.9. The van der Waals surface area contributed by atoms with Crippen LogP contribution in [0, 0.1) is 11.8 Å². The van der Waals surface area contributed by atoms with E-state index in [1.165, 1.54) is 0 Å². The lowest BCUT2D eigenvalue weighted by molar-refractivity contribution is 0.101. The molecule has 0 N–H and O–H groups in total. The van der Waals surface area contributed by atoms with Gasteiger partial charge in [-0.2, -0.15) is 0 Å². The minimum absolute atomic E-state index is 0.0265. The Balaban J connectivity index is 1.94. The largest absolute Gasteiger partial charge is 0.295 e. The third-order valence-corrected chi connectivity index (χ3v) is 5.06. The summed E-state index contributed by atoms with van der Waals surface area (Å²) < 4.78 is 0. The zero-order valence-electron chi connectivity index (χ0n) is 15.6. The van der Waals surface area contributed by atoms with Crippen LogP contribution < -0.4 is 0 Å². The highest BCUT2D eigenvalue weighted by Gasteiger charge is 2.39. The van der Waals surface area contributed by atoms with Crippen molar-refractivity contribution in [2.24, 2.45) is 0 Å². The molecule has 25 heavy (non-hydrogen) atoms. The van der Waals surface area contributed by atoms with Gasteiger partial charge in [-0.25, -0.2) is 4.98 Å². The summed E-state index contributed by atoms with van der Waals surface area (Å²) in [7, 11) is 0. The fourth-order valence-corrected chi connectivity index (χ4v) is 3.20. The molecule has 0 bridgehead atoms. The zero-order chi connectivity index (χ0) is 18.2. The predicted octanol–water partition coefficient (Wildman–Crippen LogP) is 4.43. The number of nitrogens with zero attached hydrogens (tertiary/aromatic N) is 2. The second kappa shape index (κ2) is 6.11. The molecule has 2 aromatic rings. The number of hydrogen-bond donors (Lipinski definition) is 0. The quantitative estimate of drug-likeness (QED) is 0.573. The van der Waals surface area contributed by atoms with Crippen LogP contribution in [0.5, 0.6) is 0 Å². The van der Waals surface area contributed by atoms with Crippen LogP contribution in [0.25, 0.3) is 0 Å². The first-order valence-corrected chi connectivity index (χ1v) is 8.70. The van der Waals surface area contributed by atoms with Gasteiger partial charge in [0.1, 0.15) is 5.69 Å². The van der Waals surface area contributed by atoms with Crippen molar-refractivity contribution < 1.29 is 4.79 Å². The van der Waals surface area contributed by atoms with Crippen LogP contribution in [0.2, 0.25) is 0 Å². The molecule has 1 aromatic heterocycles. The highest BCUT2D eigenvalue weighted by atomic mass is 16.1. The van der Waals surface area contributed by atoms with E-state index >= 15 is 0 Å². The van der Waals surface area contributed by atoms with Gasteiger partial charge in [-0.05, 0) is 37.8 Å². The summed E-state index contributed by atoms with van der Waals surface area (Å²) in [5.41, 5.74) is 4.51. The second-order valence-electron chi connectivity index (χ2n) is 8.10. The van der Waals surface area contributed by atoms with Crippen LogP contribution in [-0.4, -0.2) is 15.8 Å². The van der Waals surface area contributed by atoms with Gasteiger partial charge in [0.2, 0.25) is 0 Å². The molecule has 0 saturated heterocycles. The minimum atomic E-state index is 0.0265. The van der Waals surface area contributed by atoms with Gasteiger partial charge in [-0.3, -0.25) is 9.78 Å². The predicted molar refractivity (Wildman–Crippen MR) is 99.7 cm³/mol. The number of carbonyl (C=O) groups excluding carboxylic acids is 1. The molecular formula is C22H24N2O. The van der Waals surface area contributed by atoms with E-state index in [0.717, 1.165) is 29.8 Å². The van der Waals surface area contributed by atoms with Gasteiger partial charge in [0.05, 0.1) is 17.6 Å². The fraction of sp³-hybridized carbons (Fsp3) is 0.409. The number of aromatic nitrogens is 2. The molecule has 3 rings (SSSR count). The first-order chi connectivity index (χ1) is 11.7. The molecule has 0 unspecified atom stereocenters. The molecular weight excluding hydrogens is 308 g/mol. The molecule has 1 aromatic carbocycles. The van der Waals surface area contributed by atoms with Gasteiger partial charge in [0.25, 0.3) is 0 Å². The van der Waals surface area contributed by atoms with E-state index in [9.17, 15) is 4.79 Å². The van der Waals surface area contributed by atoms with Crippen LogP contribution in [-0.2, 0) is 10.8 Å². The molecule has 1 aliphatic carbocycles. The fourth-order valence-electron chi connectivity index (χ4n) is 3.20. The van der Waals surface area contributed by atoms with Crippen LogP contribution in [0.3, 0.4) is 0 Å². The maximum Gasteiger partial charge on any atom is 0.159 e. The van der Waals surface area contributed by atoms with E-state index in [1.54, 1.807) is 25.3 Å². The van der Waals surface area contributed by atoms with Gasteiger partial charge >= 0.3 is 0 Å². The molecule has 1 heterocycles. The second-order valence-corrected chi connectivity index (χ2v) is 8.10. The number of Topliss-reactive ketones (excluding diaryl/α,β-unsaturated/α-hetero) is 1. The normalized spacial score (nSPS) is 17.2. The molecule has 0 fully saturated rings. The lowest BCUT2D eigenvalue weighted by atomic mass is 9.67. The van der Waals surface area contributed by atoms with Crippen LogP contribution in [0.1, 0.15) is 80.5 Å². The lowest BCUT2D eigenvalue weighted by Gasteiger charge is -2.39. The van der Waals surface area contributed by atoms with Gasteiger partial charge < -0.3 is 0 Å². The molecule has 0 spiro atoms. The van der Waals surface area contributed by atoms with Crippen molar-refractivity contribution in [1.82, 2.24) is 9.97 Å². The monoisotopic (exact) mass is 332 g/mol. The van der Waals surface area contributed by atoms with Crippen molar-refractivity contribution in [3.8, 4) is 11.8 Å². The maximum absolute atomic E-state index is 11.3. The number of rotatable bonds is 1. The number of ketones is 1. The van der Waals surface area contributed by atoms with Gasteiger partial charge in [-0.1, -0.05) is 45.7 Å². The Morgan fingerprint density at radius 1 is 0.960 bits per heavy atom. The SMILES string of the molecule is CC(=O)c1ccc(C#Cc2cnc3c(n2)C(C)(C)CCC3(C)C)cc1. The standard InChI is InChI=1S/C22H24N2O/c1-15(25)17-9-6-16(7-10-17)8-11-18-14-23-19-20(24-18)22(4,5)13-12-21(19,2)3/h6-7,9-10,14H,12-13H2,1-5H3. The van der Waals surface area contributed by atoms with Crippen LogP contribution >= 0.6 is 0 Å². The smallest absolute Gasteiger partial charge is 0.159 e. The minimum Gasteiger partial charge on any atom is -0.295 e. The number of carbonyl (C=O) groups is 1. The Labute approximate surface area is 149 Å².